The molecule has 1 heterocycles. The van der Waals surface area contributed by atoms with Crippen LogP contribution in [0.25, 0.3) is 0 Å². The summed E-state index contributed by atoms with van der Waals surface area (Å²) in [6.45, 7) is 0. The van der Waals surface area contributed by atoms with E-state index >= 15 is 0 Å². The molecule has 12 heavy (non-hydrogen) atoms. The molecule has 2 rings (SSSR count). The van der Waals surface area contributed by atoms with Crippen LogP contribution in [0, 0.1) is 6.33 Å². The average Bonchev–Trinajstić information content (AvgIpc) is 2.48. The summed E-state index contributed by atoms with van der Waals surface area (Å²) in [6, 6.07) is 0. The molecule has 0 bridgehead atoms. The van der Waals surface area contributed by atoms with Crippen molar-refractivity contribution in [3.63, 3.8) is 0 Å². The molecule has 1 aromatic heterocycles. The fourth-order valence-corrected chi connectivity index (χ4v) is 2.02. The molecule has 0 saturated heterocycles. The predicted octanol–water partition coefficient (Wildman–Crippen LogP) is 2.65. The van der Waals surface area contributed by atoms with Crippen LogP contribution in [0.3, 0.4) is 0 Å². The Morgan fingerprint density at radius 1 is 1.25 bits per heavy atom. The molecule has 2 nitrogen and oxygen atoms in total. The van der Waals surface area contributed by atoms with Crippen molar-refractivity contribution in [3.8, 4) is 0 Å². The van der Waals surface area contributed by atoms with Gasteiger partial charge in [-0.05, 0) is 12.8 Å². The highest BCUT2D eigenvalue weighted by atomic mass is 14.9. The molecule has 0 atom stereocenters. The lowest BCUT2D eigenvalue weighted by Crippen LogP contribution is -1.96. The van der Waals surface area contributed by atoms with Crippen molar-refractivity contribution in [2.24, 2.45) is 0 Å². The van der Waals surface area contributed by atoms with Crippen LogP contribution in [0.1, 0.15) is 50.1 Å². The van der Waals surface area contributed by atoms with Gasteiger partial charge in [0.25, 0.3) is 0 Å². The zero-order valence-corrected chi connectivity index (χ0v) is 7.34. The Morgan fingerprint density at radius 3 is 2.58 bits per heavy atom. The molecule has 0 spiro atoms. The minimum atomic E-state index is 0.704. The van der Waals surface area contributed by atoms with E-state index in [2.05, 4.69) is 16.3 Å². The van der Waals surface area contributed by atoms with Gasteiger partial charge in [-0.15, -0.1) is 0 Å². The quantitative estimate of drug-likeness (QED) is 0.633. The second kappa shape index (κ2) is 3.74. The van der Waals surface area contributed by atoms with Crippen LogP contribution in [0.5, 0.6) is 0 Å². The summed E-state index contributed by atoms with van der Waals surface area (Å²) in [7, 11) is 0. The van der Waals surface area contributed by atoms with Crippen LogP contribution in [-0.4, -0.2) is 9.97 Å². The second-order valence-corrected chi connectivity index (χ2v) is 3.63. The van der Waals surface area contributed by atoms with Crippen molar-refractivity contribution >= 4 is 0 Å². The van der Waals surface area contributed by atoms with E-state index in [0.29, 0.717) is 5.92 Å². The van der Waals surface area contributed by atoms with Gasteiger partial charge < -0.3 is 4.98 Å². The number of imidazole rings is 1. The van der Waals surface area contributed by atoms with E-state index in [1.54, 1.807) is 0 Å². The van der Waals surface area contributed by atoms with Gasteiger partial charge in [0.1, 0.15) is 0 Å². The van der Waals surface area contributed by atoms with E-state index < -0.39 is 0 Å². The SMILES string of the molecule is [c]1nc(C2CCCCCC2)c[nH]1. The maximum Gasteiger partial charge on any atom is 0.173 e. The van der Waals surface area contributed by atoms with Crippen LogP contribution in [-0.2, 0) is 0 Å². The summed E-state index contributed by atoms with van der Waals surface area (Å²) in [5.74, 6) is 0.704. The zero-order valence-electron chi connectivity index (χ0n) is 7.34. The number of hydrogen-bond donors (Lipinski definition) is 1. The standard InChI is InChI=1S/C10H15N2/c1-2-4-6-9(5-3-1)10-7-11-8-12-10/h7,9H,1-6H2,(H,11,12). The number of nitrogens with one attached hydrogen (secondary N) is 1. The summed E-state index contributed by atoms with van der Waals surface area (Å²) in [4.78, 5) is 7.11. The number of aromatic amines is 1. The Labute approximate surface area is 73.4 Å². The highest BCUT2D eigenvalue weighted by Crippen LogP contribution is 2.29. The van der Waals surface area contributed by atoms with Gasteiger partial charge in [0, 0.05) is 12.1 Å². The van der Waals surface area contributed by atoms with E-state index in [-0.39, 0.29) is 0 Å². The van der Waals surface area contributed by atoms with Crippen molar-refractivity contribution in [1.29, 1.82) is 0 Å². The molecule has 1 fully saturated rings. The van der Waals surface area contributed by atoms with Crippen LogP contribution >= 0.6 is 0 Å². The zero-order chi connectivity index (χ0) is 8.23. The van der Waals surface area contributed by atoms with Crippen LogP contribution in [0.4, 0.5) is 0 Å². The number of aromatic nitrogens is 2. The van der Waals surface area contributed by atoms with Crippen molar-refractivity contribution < 1.29 is 0 Å². The Balaban J connectivity index is 2.02. The molecule has 0 unspecified atom stereocenters. The molecule has 1 aliphatic carbocycles. The van der Waals surface area contributed by atoms with Gasteiger partial charge in [0.15, 0.2) is 6.33 Å². The first kappa shape index (κ1) is 7.84. The first-order valence-corrected chi connectivity index (χ1v) is 4.88. The molecule has 0 aromatic carbocycles. The van der Waals surface area contributed by atoms with Gasteiger partial charge in [-0.3, -0.25) is 0 Å². The number of rotatable bonds is 1. The number of hydrogen-bond acceptors (Lipinski definition) is 1. The van der Waals surface area contributed by atoms with E-state index in [9.17, 15) is 0 Å². The average molecular weight is 163 g/mol. The first-order chi connectivity index (χ1) is 5.97. The maximum atomic E-state index is 4.20. The molecule has 0 aliphatic heterocycles. The topological polar surface area (TPSA) is 28.7 Å². The third-order valence-corrected chi connectivity index (χ3v) is 2.74. The fraction of sp³-hybridized carbons (Fsp3) is 0.700. The molecule has 1 saturated carbocycles. The Morgan fingerprint density at radius 2 is 2.00 bits per heavy atom. The summed E-state index contributed by atoms with van der Waals surface area (Å²) in [5, 5.41) is 0. The third kappa shape index (κ3) is 1.68. The van der Waals surface area contributed by atoms with Gasteiger partial charge in [-0.2, -0.15) is 0 Å². The molecule has 65 valence electrons. The molecule has 1 aromatic rings. The van der Waals surface area contributed by atoms with Crippen molar-refractivity contribution in [2.45, 2.75) is 44.4 Å². The van der Waals surface area contributed by atoms with Gasteiger partial charge in [-0.25, -0.2) is 4.98 Å². The molecule has 1 N–H and O–H groups in total. The summed E-state index contributed by atoms with van der Waals surface area (Å²) in [5.41, 5.74) is 1.22. The van der Waals surface area contributed by atoms with E-state index in [0.717, 1.165) is 0 Å². The van der Waals surface area contributed by atoms with Crippen LogP contribution in [0.15, 0.2) is 6.20 Å². The lowest BCUT2D eigenvalue weighted by molar-refractivity contribution is 0.580. The predicted molar refractivity (Wildman–Crippen MR) is 47.9 cm³/mol. The Bertz CT molecular complexity index is 208. The molecule has 1 radical (unpaired) electrons. The van der Waals surface area contributed by atoms with Crippen LogP contribution < -0.4 is 0 Å². The van der Waals surface area contributed by atoms with Crippen LogP contribution in [0.2, 0.25) is 0 Å². The lowest BCUT2D eigenvalue weighted by atomic mass is 9.97. The number of nitrogens with zero attached hydrogens (tertiary/aromatic N) is 1. The van der Waals surface area contributed by atoms with Gasteiger partial charge in [0.05, 0.1) is 5.69 Å². The molecule has 1 aliphatic rings. The van der Waals surface area contributed by atoms with E-state index in [1.807, 2.05) is 6.20 Å². The second-order valence-electron chi connectivity index (χ2n) is 3.63. The van der Waals surface area contributed by atoms with Crippen molar-refractivity contribution in [1.82, 2.24) is 9.97 Å². The molecule has 0 amide bonds. The van der Waals surface area contributed by atoms with Gasteiger partial charge in [0.2, 0.25) is 0 Å². The summed E-state index contributed by atoms with van der Waals surface area (Å²) >= 11 is 0. The molecular weight excluding hydrogens is 148 g/mol. The first-order valence-electron chi connectivity index (χ1n) is 4.88. The van der Waals surface area contributed by atoms with Crippen molar-refractivity contribution in [2.75, 3.05) is 0 Å². The molecule has 2 heteroatoms. The molecular formula is C10H15N2. The van der Waals surface area contributed by atoms with Gasteiger partial charge >= 0.3 is 0 Å². The van der Waals surface area contributed by atoms with E-state index in [1.165, 1.54) is 44.2 Å². The van der Waals surface area contributed by atoms with Gasteiger partial charge in [-0.1, -0.05) is 25.7 Å². The summed E-state index contributed by atoms with van der Waals surface area (Å²) < 4.78 is 0. The monoisotopic (exact) mass is 163 g/mol. The largest absolute Gasteiger partial charge is 0.342 e. The normalized spacial score (nSPS) is 20.7. The minimum Gasteiger partial charge on any atom is -0.342 e. The Kier molecular flexibility index (Phi) is 2.45. The highest BCUT2D eigenvalue weighted by molar-refractivity contribution is 5.03. The Hall–Kier alpha value is -0.790. The summed E-state index contributed by atoms with van der Waals surface area (Å²) in [6.07, 6.45) is 13.0. The van der Waals surface area contributed by atoms with E-state index in [4.69, 9.17) is 0 Å². The smallest absolute Gasteiger partial charge is 0.173 e. The fourth-order valence-electron chi connectivity index (χ4n) is 2.02. The maximum absolute atomic E-state index is 4.20. The van der Waals surface area contributed by atoms with Crippen molar-refractivity contribution in [3.05, 3.63) is 18.2 Å². The number of H-pyrrole nitrogens is 1. The highest BCUT2D eigenvalue weighted by Gasteiger charge is 2.15. The third-order valence-electron chi connectivity index (χ3n) is 2.74. The lowest BCUT2D eigenvalue weighted by Gasteiger charge is -2.09. The minimum absolute atomic E-state index is 0.704.